The van der Waals surface area contributed by atoms with Crippen molar-refractivity contribution in [2.75, 3.05) is 7.11 Å². The smallest absolute Gasteiger partial charge is 0.280 e. The summed E-state index contributed by atoms with van der Waals surface area (Å²) in [7, 11) is -2.36. The molecule has 0 atom stereocenters. The second-order valence-corrected chi connectivity index (χ2v) is 7.46. The summed E-state index contributed by atoms with van der Waals surface area (Å²) in [5, 5.41) is 3.85. The van der Waals surface area contributed by atoms with Crippen LogP contribution < -0.4 is 9.57 Å². The predicted molar refractivity (Wildman–Crippen MR) is 96.2 cm³/mol. The molecule has 24 heavy (non-hydrogen) atoms. The Balaban J connectivity index is 2.16. The Kier molecular flexibility index (Phi) is 5.62. The van der Waals surface area contributed by atoms with Crippen molar-refractivity contribution in [2.24, 2.45) is 5.10 Å². The van der Waals surface area contributed by atoms with Crippen molar-refractivity contribution in [2.45, 2.75) is 31.6 Å². The van der Waals surface area contributed by atoms with Crippen LogP contribution in [0.2, 0.25) is 0 Å². The number of benzene rings is 2. The van der Waals surface area contributed by atoms with Crippen LogP contribution in [0.25, 0.3) is 0 Å². The number of rotatable bonds is 6. The van der Waals surface area contributed by atoms with E-state index in [0.717, 1.165) is 11.1 Å². The Labute approximate surface area is 143 Å². The molecular formula is C18H22N2O3S. The van der Waals surface area contributed by atoms with Crippen molar-refractivity contribution < 1.29 is 13.2 Å². The molecule has 1 N–H and O–H groups in total. The molecule has 0 aromatic heterocycles. The first-order chi connectivity index (χ1) is 11.3. The van der Waals surface area contributed by atoms with E-state index in [1.54, 1.807) is 18.2 Å². The maximum Gasteiger partial charge on any atom is 0.280 e. The second-order valence-electron chi connectivity index (χ2n) is 5.83. The van der Waals surface area contributed by atoms with Crippen LogP contribution in [0.3, 0.4) is 0 Å². The molecule has 0 aliphatic carbocycles. The van der Waals surface area contributed by atoms with Crippen molar-refractivity contribution in [3.05, 3.63) is 59.2 Å². The largest absolute Gasteiger partial charge is 0.495 e. The van der Waals surface area contributed by atoms with Crippen molar-refractivity contribution in [1.29, 1.82) is 0 Å². The van der Waals surface area contributed by atoms with E-state index in [2.05, 4.69) is 23.8 Å². The zero-order chi connectivity index (χ0) is 17.7. The molecule has 0 saturated heterocycles. The van der Waals surface area contributed by atoms with Gasteiger partial charge in [0.2, 0.25) is 0 Å². The van der Waals surface area contributed by atoms with Crippen LogP contribution >= 0.6 is 0 Å². The van der Waals surface area contributed by atoms with Gasteiger partial charge < -0.3 is 4.74 Å². The number of aryl methyl sites for hydroxylation is 1. The van der Waals surface area contributed by atoms with E-state index in [-0.39, 0.29) is 10.6 Å². The highest BCUT2D eigenvalue weighted by atomic mass is 32.2. The molecule has 0 amide bonds. The molecule has 0 aliphatic rings. The number of methoxy groups -OCH3 is 1. The fraction of sp³-hybridized carbons (Fsp3) is 0.278. The minimum Gasteiger partial charge on any atom is -0.495 e. The number of hydrogen-bond acceptors (Lipinski definition) is 4. The minimum atomic E-state index is -3.79. The minimum absolute atomic E-state index is 0.0669. The summed E-state index contributed by atoms with van der Waals surface area (Å²) in [6.45, 7) is 6.05. The van der Waals surface area contributed by atoms with E-state index in [0.29, 0.717) is 5.92 Å². The fourth-order valence-corrected chi connectivity index (χ4v) is 3.23. The molecule has 6 heteroatoms. The van der Waals surface area contributed by atoms with Crippen LogP contribution in [0.4, 0.5) is 0 Å². The van der Waals surface area contributed by atoms with Crippen LogP contribution in [-0.4, -0.2) is 21.7 Å². The molecule has 0 aliphatic heterocycles. The third-order valence-electron chi connectivity index (χ3n) is 3.60. The third-order valence-corrected chi connectivity index (χ3v) is 4.84. The number of hydrogen-bond donors (Lipinski definition) is 1. The van der Waals surface area contributed by atoms with E-state index in [9.17, 15) is 8.42 Å². The SMILES string of the molecule is COc1ccc(C)cc1S(=O)(=O)N/N=C/c1ccc(C(C)C)cc1. The summed E-state index contributed by atoms with van der Waals surface area (Å²) in [6.07, 6.45) is 1.48. The molecule has 0 fully saturated rings. The van der Waals surface area contributed by atoms with Crippen LogP contribution in [0.15, 0.2) is 52.5 Å². The van der Waals surface area contributed by atoms with E-state index in [4.69, 9.17) is 4.74 Å². The molecule has 0 bridgehead atoms. The van der Waals surface area contributed by atoms with Crippen LogP contribution in [0.5, 0.6) is 5.75 Å². The molecule has 0 radical (unpaired) electrons. The Morgan fingerprint density at radius 1 is 1.12 bits per heavy atom. The first kappa shape index (κ1) is 18.0. The molecule has 0 unspecified atom stereocenters. The van der Waals surface area contributed by atoms with Gasteiger partial charge in [-0.2, -0.15) is 18.4 Å². The van der Waals surface area contributed by atoms with Crippen molar-refractivity contribution >= 4 is 16.2 Å². The first-order valence-corrected chi connectivity index (χ1v) is 9.11. The Bertz CT molecular complexity index is 826. The van der Waals surface area contributed by atoms with E-state index < -0.39 is 10.0 Å². The van der Waals surface area contributed by atoms with Gasteiger partial charge in [0.15, 0.2) is 0 Å². The lowest BCUT2D eigenvalue weighted by atomic mass is 10.0. The van der Waals surface area contributed by atoms with E-state index in [1.807, 2.05) is 31.2 Å². The molecule has 0 spiro atoms. The predicted octanol–water partition coefficient (Wildman–Crippen LogP) is 3.44. The lowest BCUT2D eigenvalue weighted by molar-refractivity contribution is 0.402. The first-order valence-electron chi connectivity index (χ1n) is 7.63. The second kappa shape index (κ2) is 7.49. The molecule has 2 aromatic rings. The quantitative estimate of drug-likeness (QED) is 0.643. The van der Waals surface area contributed by atoms with Crippen LogP contribution in [0, 0.1) is 6.92 Å². The van der Waals surface area contributed by atoms with Gasteiger partial charge in [-0.1, -0.05) is 44.2 Å². The zero-order valence-electron chi connectivity index (χ0n) is 14.3. The number of ether oxygens (including phenoxy) is 1. The molecule has 0 heterocycles. The highest BCUT2D eigenvalue weighted by molar-refractivity contribution is 7.89. The highest BCUT2D eigenvalue weighted by Gasteiger charge is 2.18. The van der Waals surface area contributed by atoms with Gasteiger partial charge in [-0.05, 0) is 41.7 Å². The summed E-state index contributed by atoms with van der Waals surface area (Å²) in [4.78, 5) is 2.29. The normalized spacial score (nSPS) is 11.9. The van der Waals surface area contributed by atoms with Crippen molar-refractivity contribution in [3.8, 4) is 5.75 Å². The Morgan fingerprint density at radius 3 is 2.38 bits per heavy atom. The van der Waals surface area contributed by atoms with Gasteiger partial charge in [0.1, 0.15) is 10.6 Å². The molecule has 2 aromatic carbocycles. The van der Waals surface area contributed by atoms with Gasteiger partial charge in [0, 0.05) is 0 Å². The number of nitrogens with one attached hydrogen (secondary N) is 1. The van der Waals surface area contributed by atoms with Crippen LogP contribution in [0.1, 0.15) is 36.5 Å². The topological polar surface area (TPSA) is 67.8 Å². The lowest BCUT2D eigenvalue weighted by Gasteiger charge is -2.09. The third kappa shape index (κ3) is 4.35. The van der Waals surface area contributed by atoms with Crippen molar-refractivity contribution in [3.63, 3.8) is 0 Å². The molecule has 128 valence electrons. The monoisotopic (exact) mass is 346 g/mol. The van der Waals surface area contributed by atoms with E-state index >= 15 is 0 Å². The number of nitrogens with zero attached hydrogens (tertiary/aromatic N) is 1. The standard InChI is InChI=1S/C18H22N2O3S/c1-13(2)16-8-6-15(7-9-16)12-19-20-24(21,22)18-11-14(3)5-10-17(18)23-4/h5-13,20H,1-4H3/b19-12+. The van der Waals surface area contributed by atoms with Gasteiger partial charge in [0.25, 0.3) is 10.0 Å². The molecular weight excluding hydrogens is 324 g/mol. The number of sulfonamides is 1. The summed E-state index contributed by atoms with van der Waals surface area (Å²) >= 11 is 0. The van der Waals surface area contributed by atoms with Gasteiger partial charge in [-0.15, -0.1) is 0 Å². The van der Waals surface area contributed by atoms with Crippen molar-refractivity contribution in [1.82, 2.24) is 4.83 Å². The fourth-order valence-electron chi connectivity index (χ4n) is 2.18. The zero-order valence-corrected chi connectivity index (χ0v) is 15.1. The van der Waals surface area contributed by atoms with Gasteiger partial charge in [-0.3, -0.25) is 0 Å². The molecule has 5 nitrogen and oxygen atoms in total. The summed E-state index contributed by atoms with van der Waals surface area (Å²) in [5.74, 6) is 0.730. The maximum atomic E-state index is 12.4. The van der Waals surface area contributed by atoms with Gasteiger partial charge in [-0.25, -0.2) is 0 Å². The summed E-state index contributed by atoms with van der Waals surface area (Å²) in [5.41, 5.74) is 2.86. The summed E-state index contributed by atoms with van der Waals surface area (Å²) < 4.78 is 29.9. The van der Waals surface area contributed by atoms with E-state index in [1.165, 1.54) is 18.9 Å². The van der Waals surface area contributed by atoms with Gasteiger partial charge >= 0.3 is 0 Å². The number of hydrazone groups is 1. The maximum absolute atomic E-state index is 12.4. The Morgan fingerprint density at radius 2 is 1.79 bits per heavy atom. The van der Waals surface area contributed by atoms with Gasteiger partial charge in [0.05, 0.1) is 13.3 Å². The average Bonchev–Trinajstić information content (AvgIpc) is 2.55. The highest BCUT2D eigenvalue weighted by Crippen LogP contribution is 2.24. The molecule has 2 rings (SSSR count). The van der Waals surface area contributed by atoms with Crippen LogP contribution in [-0.2, 0) is 10.0 Å². The Hall–Kier alpha value is -2.34. The average molecular weight is 346 g/mol. The lowest BCUT2D eigenvalue weighted by Crippen LogP contribution is -2.19. The summed E-state index contributed by atoms with van der Waals surface area (Å²) in [6, 6.07) is 12.8. The molecule has 0 saturated carbocycles.